The van der Waals surface area contributed by atoms with Gasteiger partial charge in [-0.05, 0) is 76.9 Å². The van der Waals surface area contributed by atoms with E-state index in [-0.39, 0.29) is 5.91 Å². The second-order valence-corrected chi connectivity index (χ2v) is 8.54. The molecule has 30 heavy (non-hydrogen) atoms. The first-order chi connectivity index (χ1) is 14.3. The number of carbonyl (C=O) groups is 1. The Labute approximate surface area is 180 Å². The SMILES string of the molecule is Cc1cc(NC=C2C(=O)Nc3cccc(C)c32)ccc1NCCN(C(C)C)C(C)C. The van der Waals surface area contributed by atoms with E-state index in [2.05, 4.69) is 67.6 Å². The van der Waals surface area contributed by atoms with Crippen molar-refractivity contribution in [3.05, 3.63) is 59.3 Å². The fraction of sp³-hybridized carbons (Fsp3) is 0.400. The molecule has 0 atom stereocenters. The number of rotatable bonds is 8. The van der Waals surface area contributed by atoms with Crippen LogP contribution in [0.2, 0.25) is 0 Å². The lowest BCUT2D eigenvalue weighted by molar-refractivity contribution is -0.110. The van der Waals surface area contributed by atoms with Crippen LogP contribution in [0.25, 0.3) is 5.57 Å². The normalized spacial score (nSPS) is 14.6. The smallest absolute Gasteiger partial charge is 0.257 e. The van der Waals surface area contributed by atoms with Gasteiger partial charge in [0.15, 0.2) is 0 Å². The maximum Gasteiger partial charge on any atom is 0.257 e. The van der Waals surface area contributed by atoms with Crippen molar-refractivity contribution in [2.45, 2.75) is 53.6 Å². The topological polar surface area (TPSA) is 56.4 Å². The van der Waals surface area contributed by atoms with E-state index in [4.69, 9.17) is 0 Å². The molecule has 160 valence electrons. The zero-order valence-electron chi connectivity index (χ0n) is 19.0. The fourth-order valence-electron chi connectivity index (χ4n) is 4.11. The van der Waals surface area contributed by atoms with Crippen molar-refractivity contribution >= 4 is 28.5 Å². The van der Waals surface area contributed by atoms with Crippen molar-refractivity contribution in [2.24, 2.45) is 0 Å². The zero-order valence-corrected chi connectivity index (χ0v) is 19.0. The molecule has 2 aromatic carbocycles. The molecule has 1 amide bonds. The van der Waals surface area contributed by atoms with Gasteiger partial charge < -0.3 is 16.0 Å². The summed E-state index contributed by atoms with van der Waals surface area (Å²) in [6.07, 6.45) is 1.80. The number of nitrogens with zero attached hydrogens (tertiary/aromatic N) is 1. The minimum Gasteiger partial charge on any atom is -0.384 e. The van der Waals surface area contributed by atoms with Crippen LogP contribution in [0.15, 0.2) is 42.6 Å². The molecular formula is C25H34N4O. The number of aryl methyl sites for hydroxylation is 2. The molecule has 0 radical (unpaired) electrons. The molecule has 0 saturated carbocycles. The third kappa shape index (κ3) is 4.85. The average Bonchev–Trinajstić information content (AvgIpc) is 3.00. The molecule has 1 aliphatic rings. The summed E-state index contributed by atoms with van der Waals surface area (Å²) in [5.41, 5.74) is 6.89. The van der Waals surface area contributed by atoms with Crippen molar-refractivity contribution in [2.75, 3.05) is 29.0 Å². The summed E-state index contributed by atoms with van der Waals surface area (Å²) in [6.45, 7) is 15.0. The third-order valence-corrected chi connectivity index (χ3v) is 5.66. The van der Waals surface area contributed by atoms with E-state index < -0.39 is 0 Å². The van der Waals surface area contributed by atoms with Crippen LogP contribution in [0.4, 0.5) is 17.1 Å². The molecule has 1 aliphatic heterocycles. The highest BCUT2D eigenvalue weighted by molar-refractivity contribution is 6.32. The lowest BCUT2D eigenvalue weighted by atomic mass is 10.0. The predicted molar refractivity (Wildman–Crippen MR) is 128 cm³/mol. The van der Waals surface area contributed by atoms with E-state index in [1.165, 1.54) is 5.56 Å². The van der Waals surface area contributed by atoms with Crippen molar-refractivity contribution in [1.82, 2.24) is 4.90 Å². The maximum absolute atomic E-state index is 12.4. The molecule has 0 aromatic heterocycles. The van der Waals surface area contributed by atoms with E-state index in [0.29, 0.717) is 17.7 Å². The van der Waals surface area contributed by atoms with Gasteiger partial charge in [0.25, 0.3) is 5.91 Å². The number of carbonyl (C=O) groups excluding carboxylic acids is 1. The maximum atomic E-state index is 12.4. The zero-order chi connectivity index (χ0) is 21.8. The Morgan fingerprint density at radius 2 is 1.77 bits per heavy atom. The number of fused-ring (bicyclic) bond motifs is 1. The van der Waals surface area contributed by atoms with Crippen LogP contribution in [0.1, 0.15) is 44.4 Å². The van der Waals surface area contributed by atoms with Gasteiger partial charge in [-0.15, -0.1) is 0 Å². The molecule has 0 aliphatic carbocycles. The second kappa shape index (κ2) is 9.35. The van der Waals surface area contributed by atoms with Gasteiger partial charge >= 0.3 is 0 Å². The Morgan fingerprint density at radius 3 is 2.43 bits per heavy atom. The lowest BCUT2D eigenvalue weighted by Gasteiger charge is -2.30. The molecule has 0 spiro atoms. The minimum absolute atomic E-state index is 0.0679. The van der Waals surface area contributed by atoms with Gasteiger partial charge in [-0.1, -0.05) is 12.1 Å². The highest BCUT2D eigenvalue weighted by Crippen LogP contribution is 2.34. The number of anilines is 3. The Balaban J connectivity index is 1.65. The van der Waals surface area contributed by atoms with E-state index in [9.17, 15) is 4.79 Å². The number of hydrogen-bond donors (Lipinski definition) is 3. The third-order valence-electron chi connectivity index (χ3n) is 5.66. The standard InChI is InChI=1S/C25H34N4O/c1-16(2)29(17(3)4)13-12-26-22-11-10-20(14-19(22)6)27-15-21-24-18(5)8-7-9-23(24)28-25(21)30/h7-11,14-17,26-27H,12-13H2,1-6H3,(H,28,30). The van der Waals surface area contributed by atoms with Gasteiger partial charge in [-0.25, -0.2) is 0 Å². The number of hydrogen-bond acceptors (Lipinski definition) is 4. The molecule has 1 heterocycles. The van der Waals surface area contributed by atoms with Gasteiger partial charge in [-0.2, -0.15) is 0 Å². The van der Waals surface area contributed by atoms with Crippen molar-refractivity contribution in [3.63, 3.8) is 0 Å². The molecule has 0 fully saturated rings. The molecule has 5 heteroatoms. The summed E-state index contributed by atoms with van der Waals surface area (Å²) in [7, 11) is 0. The number of nitrogens with one attached hydrogen (secondary N) is 3. The minimum atomic E-state index is -0.0679. The average molecular weight is 407 g/mol. The molecule has 2 aromatic rings. The first-order valence-electron chi connectivity index (χ1n) is 10.8. The van der Waals surface area contributed by atoms with Crippen molar-refractivity contribution < 1.29 is 4.79 Å². The van der Waals surface area contributed by atoms with Crippen LogP contribution in [0.5, 0.6) is 0 Å². The highest BCUT2D eigenvalue weighted by atomic mass is 16.2. The molecular weight excluding hydrogens is 372 g/mol. The van der Waals surface area contributed by atoms with E-state index in [0.717, 1.165) is 41.3 Å². The summed E-state index contributed by atoms with van der Waals surface area (Å²) >= 11 is 0. The van der Waals surface area contributed by atoms with E-state index in [1.807, 2.05) is 31.2 Å². The summed E-state index contributed by atoms with van der Waals surface area (Å²) in [5, 5.41) is 9.79. The van der Waals surface area contributed by atoms with E-state index in [1.54, 1.807) is 6.20 Å². The summed E-state index contributed by atoms with van der Waals surface area (Å²) < 4.78 is 0. The van der Waals surface area contributed by atoms with Crippen LogP contribution in [-0.4, -0.2) is 36.0 Å². The van der Waals surface area contributed by atoms with E-state index >= 15 is 0 Å². The second-order valence-electron chi connectivity index (χ2n) is 8.54. The van der Waals surface area contributed by atoms with Crippen LogP contribution in [0, 0.1) is 13.8 Å². The molecule has 0 unspecified atom stereocenters. The van der Waals surface area contributed by atoms with Crippen LogP contribution in [-0.2, 0) is 4.79 Å². The largest absolute Gasteiger partial charge is 0.384 e. The molecule has 0 saturated heterocycles. The Hall–Kier alpha value is -2.79. The monoisotopic (exact) mass is 406 g/mol. The predicted octanol–water partition coefficient (Wildman–Crippen LogP) is 5.24. The van der Waals surface area contributed by atoms with Gasteiger partial charge in [0.2, 0.25) is 0 Å². The van der Waals surface area contributed by atoms with Crippen molar-refractivity contribution in [3.8, 4) is 0 Å². The summed E-state index contributed by atoms with van der Waals surface area (Å²) in [6, 6.07) is 13.2. The Kier molecular flexibility index (Phi) is 6.83. The molecule has 3 N–H and O–H groups in total. The Morgan fingerprint density at radius 1 is 1.03 bits per heavy atom. The first-order valence-corrected chi connectivity index (χ1v) is 10.8. The van der Waals surface area contributed by atoms with Crippen LogP contribution < -0.4 is 16.0 Å². The Bertz CT molecular complexity index is 938. The fourth-order valence-corrected chi connectivity index (χ4v) is 4.11. The summed E-state index contributed by atoms with van der Waals surface area (Å²) in [5.74, 6) is -0.0679. The van der Waals surface area contributed by atoms with Crippen LogP contribution >= 0.6 is 0 Å². The van der Waals surface area contributed by atoms with Crippen LogP contribution in [0.3, 0.4) is 0 Å². The lowest BCUT2D eigenvalue weighted by Crippen LogP contribution is -2.40. The van der Waals surface area contributed by atoms with Gasteiger partial charge in [0.1, 0.15) is 0 Å². The highest BCUT2D eigenvalue weighted by Gasteiger charge is 2.25. The molecule has 3 rings (SSSR count). The molecule has 5 nitrogen and oxygen atoms in total. The first kappa shape index (κ1) is 21.9. The number of benzene rings is 2. The van der Waals surface area contributed by atoms with Gasteiger partial charge in [-0.3, -0.25) is 9.69 Å². The van der Waals surface area contributed by atoms with Crippen molar-refractivity contribution in [1.29, 1.82) is 0 Å². The van der Waals surface area contributed by atoms with Gasteiger partial charge in [0.05, 0.1) is 5.57 Å². The summed E-state index contributed by atoms with van der Waals surface area (Å²) in [4.78, 5) is 14.8. The molecule has 0 bridgehead atoms. The quantitative estimate of drug-likeness (QED) is 0.525. The van der Waals surface area contributed by atoms with Gasteiger partial charge in [0, 0.05) is 54.0 Å². The number of amides is 1.